The number of hydrogen-bond donors (Lipinski definition) is 0. The van der Waals surface area contributed by atoms with E-state index < -0.39 is 18.4 Å². The first-order valence-electron chi connectivity index (χ1n) is 10.0. The molecule has 1 spiro atoms. The van der Waals surface area contributed by atoms with Crippen LogP contribution in [0, 0.1) is 0 Å². The lowest BCUT2D eigenvalue weighted by Crippen LogP contribution is -2.53. The van der Waals surface area contributed by atoms with Gasteiger partial charge < -0.3 is 9.64 Å². The smallest absolute Gasteiger partial charge is 0.425 e. The van der Waals surface area contributed by atoms with Crippen LogP contribution in [-0.4, -0.2) is 53.3 Å². The highest BCUT2D eigenvalue weighted by molar-refractivity contribution is 7.19. The van der Waals surface area contributed by atoms with Crippen molar-refractivity contribution in [2.45, 2.75) is 57.0 Å². The fourth-order valence-electron chi connectivity index (χ4n) is 4.51. The van der Waals surface area contributed by atoms with Gasteiger partial charge in [-0.1, -0.05) is 18.2 Å². The van der Waals surface area contributed by atoms with Crippen LogP contribution in [-0.2, 0) is 11.3 Å². The summed E-state index contributed by atoms with van der Waals surface area (Å²) >= 11 is 1.81. The van der Waals surface area contributed by atoms with E-state index in [-0.39, 0.29) is 5.54 Å². The van der Waals surface area contributed by atoms with Gasteiger partial charge in [-0.15, -0.1) is 11.3 Å². The number of thiophene rings is 1. The number of rotatable bonds is 3. The molecule has 4 rings (SSSR count). The standard InChI is InChI=1S/C21H25F3N2O2S/c1-15(21(22,23)24)28-19(27)25-11-8-20(9-12-25)7-4-10-26(20)14-17-13-16-5-2-3-6-18(16)29-17/h2-3,5-6,13,15H,4,7-12,14H2,1H3. The summed E-state index contributed by atoms with van der Waals surface area (Å²) in [5, 5.41) is 1.26. The Morgan fingerprint density at radius 1 is 1.21 bits per heavy atom. The number of carbonyl (C=O) groups is 1. The maximum Gasteiger partial charge on any atom is 0.425 e. The lowest BCUT2D eigenvalue weighted by atomic mass is 9.85. The van der Waals surface area contributed by atoms with Gasteiger partial charge >= 0.3 is 12.3 Å². The minimum Gasteiger partial charge on any atom is -0.437 e. The monoisotopic (exact) mass is 426 g/mol. The first-order chi connectivity index (χ1) is 13.8. The zero-order valence-electron chi connectivity index (χ0n) is 16.4. The fourth-order valence-corrected chi connectivity index (χ4v) is 5.59. The van der Waals surface area contributed by atoms with Gasteiger partial charge in [0, 0.05) is 34.8 Å². The zero-order chi connectivity index (χ0) is 20.6. The van der Waals surface area contributed by atoms with Crippen molar-refractivity contribution in [1.82, 2.24) is 9.80 Å². The van der Waals surface area contributed by atoms with Crippen LogP contribution in [0.4, 0.5) is 18.0 Å². The Bertz CT molecular complexity index is 841. The molecule has 1 amide bonds. The summed E-state index contributed by atoms with van der Waals surface area (Å²) in [6.45, 7) is 3.64. The van der Waals surface area contributed by atoms with Crippen LogP contribution in [0.15, 0.2) is 30.3 Å². The predicted octanol–water partition coefficient (Wildman–Crippen LogP) is 5.42. The SMILES string of the molecule is CC(OC(=O)N1CCC2(CCCN2Cc2cc3ccccc3s2)CC1)C(F)(F)F. The summed E-state index contributed by atoms with van der Waals surface area (Å²) in [5.74, 6) is 0. The van der Waals surface area contributed by atoms with Crippen molar-refractivity contribution in [2.24, 2.45) is 0 Å². The number of carbonyl (C=O) groups excluding carboxylic acids is 1. The van der Waals surface area contributed by atoms with Crippen LogP contribution in [0.25, 0.3) is 10.1 Å². The molecular weight excluding hydrogens is 401 g/mol. The van der Waals surface area contributed by atoms with Gasteiger partial charge in [0.25, 0.3) is 0 Å². The predicted molar refractivity (Wildman–Crippen MR) is 107 cm³/mol. The van der Waals surface area contributed by atoms with Crippen molar-refractivity contribution in [3.05, 3.63) is 35.2 Å². The number of nitrogens with zero attached hydrogens (tertiary/aromatic N) is 2. The van der Waals surface area contributed by atoms with E-state index in [1.54, 1.807) is 0 Å². The molecule has 0 saturated carbocycles. The van der Waals surface area contributed by atoms with E-state index in [1.165, 1.54) is 19.9 Å². The highest BCUT2D eigenvalue weighted by atomic mass is 32.1. The molecule has 0 aliphatic carbocycles. The second-order valence-electron chi connectivity index (χ2n) is 8.05. The Hall–Kier alpha value is -1.80. The molecule has 2 fully saturated rings. The van der Waals surface area contributed by atoms with Crippen molar-refractivity contribution >= 4 is 27.5 Å². The average Bonchev–Trinajstić information content (AvgIpc) is 3.25. The number of amides is 1. The maximum atomic E-state index is 12.7. The third-order valence-electron chi connectivity index (χ3n) is 6.26. The minimum absolute atomic E-state index is 0.0304. The summed E-state index contributed by atoms with van der Waals surface area (Å²) in [6, 6.07) is 10.6. The Morgan fingerprint density at radius 3 is 2.62 bits per heavy atom. The van der Waals surface area contributed by atoms with E-state index >= 15 is 0 Å². The van der Waals surface area contributed by atoms with E-state index in [0.717, 1.165) is 45.7 Å². The fraction of sp³-hybridized carbons (Fsp3) is 0.571. The number of fused-ring (bicyclic) bond motifs is 1. The van der Waals surface area contributed by atoms with Gasteiger partial charge in [-0.05, 0) is 56.7 Å². The van der Waals surface area contributed by atoms with Crippen molar-refractivity contribution < 1.29 is 22.7 Å². The molecule has 2 aliphatic heterocycles. The molecule has 158 valence electrons. The van der Waals surface area contributed by atoms with Gasteiger partial charge in [-0.3, -0.25) is 4.90 Å². The summed E-state index contributed by atoms with van der Waals surface area (Å²) in [6.07, 6.45) is -3.75. The molecule has 0 N–H and O–H groups in total. The summed E-state index contributed by atoms with van der Waals surface area (Å²) in [5.41, 5.74) is 0.0304. The molecule has 4 nitrogen and oxygen atoms in total. The summed E-state index contributed by atoms with van der Waals surface area (Å²) in [4.78, 5) is 17.4. The first kappa shape index (κ1) is 20.5. The average molecular weight is 427 g/mol. The van der Waals surface area contributed by atoms with Crippen LogP contribution < -0.4 is 0 Å². The van der Waals surface area contributed by atoms with Gasteiger partial charge in [-0.2, -0.15) is 13.2 Å². The minimum atomic E-state index is -4.53. The maximum absolute atomic E-state index is 12.7. The van der Waals surface area contributed by atoms with E-state index in [0.29, 0.717) is 13.1 Å². The highest BCUT2D eigenvalue weighted by Crippen LogP contribution is 2.40. The van der Waals surface area contributed by atoms with E-state index in [4.69, 9.17) is 0 Å². The summed E-state index contributed by atoms with van der Waals surface area (Å²) in [7, 11) is 0. The number of likely N-dealkylation sites (tertiary alicyclic amines) is 2. The number of hydrogen-bond acceptors (Lipinski definition) is 4. The number of piperidine rings is 1. The molecule has 2 saturated heterocycles. The Labute approximate surface area is 172 Å². The van der Waals surface area contributed by atoms with Crippen LogP contribution in [0.5, 0.6) is 0 Å². The Morgan fingerprint density at radius 2 is 1.93 bits per heavy atom. The third-order valence-corrected chi connectivity index (χ3v) is 7.36. The van der Waals surface area contributed by atoms with Gasteiger partial charge in [0.2, 0.25) is 0 Å². The second kappa shape index (κ2) is 7.80. The van der Waals surface area contributed by atoms with Crippen LogP contribution in [0.2, 0.25) is 0 Å². The molecule has 1 unspecified atom stereocenters. The molecule has 8 heteroatoms. The molecule has 2 aromatic rings. The van der Waals surface area contributed by atoms with Crippen LogP contribution >= 0.6 is 11.3 Å². The lowest BCUT2D eigenvalue weighted by Gasteiger charge is -2.44. The highest BCUT2D eigenvalue weighted by Gasteiger charge is 2.45. The van der Waals surface area contributed by atoms with E-state index in [2.05, 4.69) is 33.9 Å². The number of halogens is 3. The molecule has 3 heterocycles. The lowest BCUT2D eigenvalue weighted by molar-refractivity contribution is -0.200. The van der Waals surface area contributed by atoms with Crippen molar-refractivity contribution in [3.63, 3.8) is 0 Å². The Balaban J connectivity index is 1.38. The molecule has 29 heavy (non-hydrogen) atoms. The number of benzene rings is 1. The number of alkyl halides is 3. The van der Waals surface area contributed by atoms with E-state index in [1.807, 2.05) is 17.4 Å². The molecule has 0 bridgehead atoms. The molecular formula is C21H25F3N2O2S. The summed E-state index contributed by atoms with van der Waals surface area (Å²) < 4.78 is 43.8. The molecule has 2 aliphatic rings. The van der Waals surface area contributed by atoms with E-state index in [9.17, 15) is 18.0 Å². The van der Waals surface area contributed by atoms with Crippen LogP contribution in [0.3, 0.4) is 0 Å². The first-order valence-corrected chi connectivity index (χ1v) is 10.8. The van der Waals surface area contributed by atoms with Crippen LogP contribution in [0.1, 0.15) is 37.5 Å². The third kappa shape index (κ3) is 4.23. The van der Waals surface area contributed by atoms with Gasteiger partial charge in [-0.25, -0.2) is 4.79 Å². The van der Waals surface area contributed by atoms with Crippen molar-refractivity contribution in [2.75, 3.05) is 19.6 Å². The topological polar surface area (TPSA) is 32.8 Å². The van der Waals surface area contributed by atoms with Crippen molar-refractivity contribution in [1.29, 1.82) is 0 Å². The van der Waals surface area contributed by atoms with Gasteiger partial charge in [0.05, 0.1) is 0 Å². The molecule has 1 aromatic carbocycles. The van der Waals surface area contributed by atoms with Crippen molar-refractivity contribution in [3.8, 4) is 0 Å². The van der Waals surface area contributed by atoms with Gasteiger partial charge in [0.15, 0.2) is 6.10 Å². The molecule has 0 radical (unpaired) electrons. The second-order valence-corrected chi connectivity index (χ2v) is 9.22. The largest absolute Gasteiger partial charge is 0.437 e. The molecule has 1 aromatic heterocycles. The van der Waals surface area contributed by atoms with Gasteiger partial charge in [0.1, 0.15) is 0 Å². The normalized spacial score (nSPS) is 21.0. The number of ether oxygens (including phenoxy) is 1. The Kier molecular flexibility index (Phi) is 5.50. The zero-order valence-corrected chi connectivity index (χ0v) is 17.2. The molecule has 1 atom stereocenters. The quantitative estimate of drug-likeness (QED) is 0.657.